The number of hydrogen-bond acceptors (Lipinski definition) is 4. The standard InChI is InChI=1S/C12H22O4/c1-6-8-9(7-2)12(15-16-12)10(13)14-11(3,4)5/h9H,6-8H2,1-5H3. The lowest BCUT2D eigenvalue weighted by molar-refractivity contribution is -0.165. The van der Waals surface area contributed by atoms with Gasteiger partial charge in [0.15, 0.2) is 0 Å². The maximum absolute atomic E-state index is 11.9. The van der Waals surface area contributed by atoms with Crippen LogP contribution in [0, 0.1) is 5.92 Å². The van der Waals surface area contributed by atoms with Crippen LogP contribution in [0.15, 0.2) is 0 Å². The van der Waals surface area contributed by atoms with Crippen LogP contribution in [0.1, 0.15) is 53.9 Å². The number of carbonyl (C=O) groups is 1. The van der Waals surface area contributed by atoms with Gasteiger partial charge in [-0.2, -0.15) is 9.78 Å². The van der Waals surface area contributed by atoms with E-state index in [1.54, 1.807) is 0 Å². The molecule has 1 saturated heterocycles. The molecule has 0 aromatic carbocycles. The molecule has 16 heavy (non-hydrogen) atoms. The molecular weight excluding hydrogens is 208 g/mol. The topological polar surface area (TPSA) is 51.4 Å². The zero-order valence-electron chi connectivity index (χ0n) is 10.8. The zero-order chi connectivity index (χ0) is 12.4. The van der Waals surface area contributed by atoms with E-state index in [4.69, 9.17) is 14.5 Å². The first-order valence-electron chi connectivity index (χ1n) is 5.96. The summed E-state index contributed by atoms with van der Waals surface area (Å²) in [6, 6.07) is 0. The van der Waals surface area contributed by atoms with Gasteiger partial charge in [0.05, 0.1) is 0 Å². The van der Waals surface area contributed by atoms with Gasteiger partial charge >= 0.3 is 11.8 Å². The van der Waals surface area contributed by atoms with Crippen molar-refractivity contribution >= 4 is 5.97 Å². The summed E-state index contributed by atoms with van der Waals surface area (Å²) in [6.07, 6.45) is 2.73. The molecule has 1 rings (SSSR count). The van der Waals surface area contributed by atoms with Crippen molar-refractivity contribution in [2.24, 2.45) is 5.92 Å². The molecule has 0 N–H and O–H groups in total. The molecule has 4 nitrogen and oxygen atoms in total. The van der Waals surface area contributed by atoms with Crippen molar-refractivity contribution in [2.75, 3.05) is 0 Å². The van der Waals surface area contributed by atoms with Crippen molar-refractivity contribution in [1.82, 2.24) is 0 Å². The van der Waals surface area contributed by atoms with Crippen molar-refractivity contribution in [3.8, 4) is 0 Å². The number of rotatable bonds is 5. The van der Waals surface area contributed by atoms with Crippen LogP contribution in [-0.2, 0) is 19.3 Å². The van der Waals surface area contributed by atoms with Crippen molar-refractivity contribution in [3.63, 3.8) is 0 Å². The number of hydrogen-bond donors (Lipinski definition) is 0. The molecule has 1 heterocycles. The van der Waals surface area contributed by atoms with Crippen LogP contribution in [0.3, 0.4) is 0 Å². The smallest absolute Gasteiger partial charge is 0.373 e. The van der Waals surface area contributed by atoms with Crippen LogP contribution in [-0.4, -0.2) is 17.4 Å². The molecule has 0 saturated carbocycles. The van der Waals surface area contributed by atoms with Gasteiger partial charge in [-0.05, 0) is 33.6 Å². The van der Waals surface area contributed by atoms with Gasteiger partial charge < -0.3 is 4.74 Å². The molecule has 0 aromatic heterocycles. The molecule has 1 aliphatic heterocycles. The molecule has 0 amide bonds. The second-order valence-corrected chi connectivity index (χ2v) is 5.23. The lowest BCUT2D eigenvalue weighted by Gasteiger charge is -2.23. The van der Waals surface area contributed by atoms with E-state index in [0.717, 1.165) is 19.3 Å². The summed E-state index contributed by atoms with van der Waals surface area (Å²) < 4.78 is 5.31. The van der Waals surface area contributed by atoms with Crippen LogP contribution in [0.25, 0.3) is 0 Å². The Balaban J connectivity index is 2.66. The monoisotopic (exact) mass is 230 g/mol. The summed E-state index contributed by atoms with van der Waals surface area (Å²) in [5, 5.41) is 0. The van der Waals surface area contributed by atoms with Gasteiger partial charge in [0.2, 0.25) is 0 Å². The molecule has 1 unspecified atom stereocenters. The number of ether oxygens (including phenoxy) is 1. The van der Waals surface area contributed by atoms with Crippen molar-refractivity contribution in [2.45, 2.75) is 65.3 Å². The predicted molar refractivity (Wildman–Crippen MR) is 59.4 cm³/mol. The molecule has 1 aliphatic rings. The molecule has 0 aromatic rings. The molecular formula is C12H22O4. The molecule has 94 valence electrons. The van der Waals surface area contributed by atoms with Gasteiger partial charge in [-0.3, -0.25) is 0 Å². The van der Waals surface area contributed by atoms with E-state index in [0.29, 0.717) is 0 Å². The highest BCUT2D eigenvalue weighted by Gasteiger charge is 2.63. The van der Waals surface area contributed by atoms with Gasteiger partial charge in [0.25, 0.3) is 0 Å². The Morgan fingerprint density at radius 3 is 2.19 bits per heavy atom. The Hall–Kier alpha value is -0.610. The first kappa shape index (κ1) is 13.5. The first-order valence-corrected chi connectivity index (χ1v) is 5.96. The van der Waals surface area contributed by atoms with Gasteiger partial charge in [-0.1, -0.05) is 20.3 Å². The van der Waals surface area contributed by atoms with E-state index in [1.807, 2.05) is 27.7 Å². The SMILES string of the molecule is CCCC(CC)C1(C(=O)OC(C)(C)C)OO1. The Morgan fingerprint density at radius 1 is 1.31 bits per heavy atom. The third kappa shape index (κ3) is 2.95. The molecule has 1 fully saturated rings. The van der Waals surface area contributed by atoms with Gasteiger partial charge in [-0.15, -0.1) is 0 Å². The van der Waals surface area contributed by atoms with Crippen molar-refractivity contribution in [1.29, 1.82) is 0 Å². The minimum atomic E-state index is -1.13. The maximum Gasteiger partial charge on any atom is 0.373 e. The van der Waals surface area contributed by atoms with E-state index in [1.165, 1.54) is 0 Å². The summed E-state index contributed by atoms with van der Waals surface area (Å²) in [4.78, 5) is 21.8. The number of carbonyl (C=O) groups excluding carboxylic acids is 1. The lowest BCUT2D eigenvalue weighted by Crippen LogP contribution is -2.39. The van der Waals surface area contributed by atoms with E-state index in [2.05, 4.69) is 6.92 Å². The maximum atomic E-state index is 11.9. The molecule has 4 heteroatoms. The number of esters is 1. The van der Waals surface area contributed by atoms with Crippen LogP contribution < -0.4 is 0 Å². The normalized spacial score (nSPS) is 20.3. The summed E-state index contributed by atoms with van der Waals surface area (Å²) in [7, 11) is 0. The predicted octanol–water partition coefficient (Wildman–Crippen LogP) is 2.81. The Labute approximate surface area is 97.2 Å². The van der Waals surface area contributed by atoms with Crippen LogP contribution in [0.5, 0.6) is 0 Å². The van der Waals surface area contributed by atoms with Crippen LogP contribution in [0.2, 0.25) is 0 Å². The molecule has 0 aliphatic carbocycles. The molecule has 0 radical (unpaired) electrons. The van der Waals surface area contributed by atoms with E-state index >= 15 is 0 Å². The third-order valence-electron chi connectivity index (χ3n) is 2.61. The quantitative estimate of drug-likeness (QED) is 0.414. The molecule has 0 bridgehead atoms. The fourth-order valence-electron chi connectivity index (χ4n) is 1.78. The van der Waals surface area contributed by atoms with E-state index < -0.39 is 17.4 Å². The summed E-state index contributed by atoms with van der Waals surface area (Å²) in [6.45, 7) is 9.61. The summed E-state index contributed by atoms with van der Waals surface area (Å²) >= 11 is 0. The first-order chi connectivity index (χ1) is 7.35. The summed E-state index contributed by atoms with van der Waals surface area (Å²) in [5.74, 6) is -1.45. The highest BCUT2D eigenvalue weighted by molar-refractivity contribution is 5.80. The lowest BCUT2D eigenvalue weighted by atomic mass is 9.92. The van der Waals surface area contributed by atoms with Crippen LogP contribution >= 0.6 is 0 Å². The van der Waals surface area contributed by atoms with Crippen LogP contribution in [0.4, 0.5) is 0 Å². The average Bonchev–Trinajstić information content (AvgIpc) is 2.92. The second kappa shape index (κ2) is 4.72. The van der Waals surface area contributed by atoms with E-state index in [9.17, 15) is 4.79 Å². The van der Waals surface area contributed by atoms with Crippen molar-refractivity contribution < 1.29 is 19.3 Å². The molecule has 0 spiro atoms. The fourth-order valence-corrected chi connectivity index (χ4v) is 1.78. The minimum Gasteiger partial charge on any atom is -0.456 e. The summed E-state index contributed by atoms with van der Waals surface area (Å²) in [5.41, 5.74) is -0.510. The Bertz CT molecular complexity index is 250. The Kier molecular flexibility index (Phi) is 3.97. The van der Waals surface area contributed by atoms with E-state index in [-0.39, 0.29) is 5.92 Å². The molecule has 1 atom stereocenters. The van der Waals surface area contributed by atoms with Gasteiger partial charge in [0, 0.05) is 5.92 Å². The average molecular weight is 230 g/mol. The van der Waals surface area contributed by atoms with Gasteiger partial charge in [-0.25, -0.2) is 4.79 Å². The largest absolute Gasteiger partial charge is 0.456 e. The highest BCUT2D eigenvalue weighted by Crippen LogP contribution is 2.43. The minimum absolute atomic E-state index is 0.0762. The second-order valence-electron chi connectivity index (χ2n) is 5.23. The van der Waals surface area contributed by atoms with Crippen molar-refractivity contribution in [3.05, 3.63) is 0 Å². The fraction of sp³-hybridized carbons (Fsp3) is 0.917. The zero-order valence-corrected chi connectivity index (χ0v) is 10.8. The highest BCUT2D eigenvalue weighted by atomic mass is 17.4. The Morgan fingerprint density at radius 2 is 1.88 bits per heavy atom. The third-order valence-corrected chi connectivity index (χ3v) is 2.61. The van der Waals surface area contributed by atoms with Gasteiger partial charge in [0.1, 0.15) is 5.60 Å².